The van der Waals surface area contributed by atoms with Crippen LogP contribution in [0.3, 0.4) is 0 Å². The third-order valence-corrected chi connectivity index (χ3v) is 3.02. The highest BCUT2D eigenvalue weighted by Crippen LogP contribution is 2.26. The number of hydrogen-bond donors (Lipinski definition) is 2. The van der Waals surface area contributed by atoms with Crippen molar-refractivity contribution >= 4 is 33.7 Å². The smallest absolute Gasteiger partial charge is 0.211 e. The normalized spacial score (nSPS) is 9.83. The first-order valence-electron chi connectivity index (χ1n) is 5.57. The standard InChI is InChI=1S/C14H13BrN2O/c15-12-6-7-13(14(8-12)17-10-18)16-9-11-4-2-1-3-5-11/h1-8,10,16H,9H2,(H,17,18). The summed E-state index contributed by atoms with van der Waals surface area (Å²) < 4.78 is 0.928. The van der Waals surface area contributed by atoms with Gasteiger partial charge in [-0.15, -0.1) is 0 Å². The summed E-state index contributed by atoms with van der Waals surface area (Å²) >= 11 is 3.38. The number of nitrogens with one attached hydrogen (secondary N) is 2. The van der Waals surface area contributed by atoms with Gasteiger partial charge in [0.1, 0.15) is 0 Å². The average Bonchev–Trinajstić information content (AvgIpc) is 2.39. The average molecular weight is 305 g/mol. The van der Waals surface area contributed by atoms with Crippen molar-refractivity contribution in [2.45, 2.75) is 6.54 Å². The highest BCUT2D eigenvalue weighted by Gasteiger charge is 2.02. The van der Waals surface area contributed by atoms with Crippen LogP contribution < -0.4 is 10.6 Å². The SMILES string of the molecule is O=CNc1cc(Br)ccc1NCc1ccccc1. The van der Waals surface area contributed by atoms with E-state index in [-0.39, 0.29) is 0 Å². The molecule has 0 radical (unpaired) electrons. The molecule has 0 saturated heterocycles. The van der Waals surface area contributed by atoms with E-state index in [0.717, 1.165) is 22.4 Å². The molecule has 0 aliphatic rings. The van der Waals surface area contributed by atoms with E-state index in [1.807, 2.05) is 36.4 Å². The summed E-state index contributed by atoms with van der Waals surface area (Å²) in [5.74, 6) is 0. The molecule has 3 nitrogen and oxygen atoms in total. The van der Waals surface area contributed by atoms with Crippen LogP contribution in [-0.4, -0.2) is 6.41 Å². The number of carbonyl (C=O) groups excluding carboxylic acids is 1. The third-order valence-electron chi connectivity index (χ3n) is 2.52. The lowest BCUT2D eigenvalue weighted by Crippen LogP contribution is -2.03. The zero-order valence-corrected chi connectivity index (χ0v) is 11.3. The Morgan fingerprint density at radius 2 is 1.83 bits per heavy atom. The summed E-state index contributed by atoms with van der Waals surface area (Å²) in [5.41, 5.74) is 2.85. The molecule has 0 fully saturated rings. The van der Waals surface area contributed by atoms with Crippen molar-refractivity contribution in [1.82, 2.24) is 0 Å². The van der Waals surface area contributed by atoms with Crippen LogP contribution in [0.4, 0.5) is 11.4 Å². The maximum absolute atomic E-state index is 10.6. The molecule has 0 atom stereocenters. The number of hydrogen-bond acceptors (Lipinski definition) is 2. The van der Waals surface area contributed by atoms with E-state index in [2.05, 4.69) is 38.7 Å². The maximum atomic E-state index is 10.6. The van der Waals surface area contributed by atoms with Crippen LogP contribution in [0.25, 0.3) is 0 Å². The molecule has 0 spiro atoms. The van der Waals surface area contributed by atoms with E-state index in [4.69, 9.17) is 0 Å². The maximum Gasteiger partial charge on any atom is 0.211 e. The number of benzene rings is 2. The van der Waals surface area contributed by atoms with Crippen molar-refractivity contribution < 1.29 is 4.79 Å². The van der Waals surface area contributed by atoms with Crippen molar-refractivity contribution in [1.29, 1.82) is 0 Å². The van der Waals surface area contributed by atoms with Crippen LogP contribution in [-0.2, 0) is 11.3 Å². The van der Waals surface area contributed by atoms with Gasteiger partial charge in [-0.25, -0.2) is 0 Å². The molecule has 1 amide bonds. The molecule has 18 heavy (non-hydrogen) atoms. The lowest BCUT2D eigenvalue weighted by molar-refractivity contribution is -0.105. The zero-order chi connectivity index (χ0) is 12.8. The molecule has 2 rings (SSSR count). The topological polar surface area (TPSA) is 41.1 Å². The summed E-state index contributed by atoms with van der Waals surface area (Å²) in [4.78, 5) is 10.6. The van der Waals surface area contributed by atoms with Crippen molar-refractivity contribution in [3.63, 3.8) is 0 Å². The Balaban J connectivity index is 2.11. The molecule has 2 aromatic carbocycles. The highest BCUT2D eigenvalue weighted by atomic mass is 79.9. The van der Waals surface area contributed by atoms with Gasteiger partial charge in [0.2, 0.25) is 6.41 Å². The lowest BCUT2D eigenvalue weighted by Gasteiger charge is -2.11. The first-order chi connectivity index (χ1) is 8.79. The second-order valence-corrected chi connectivity index (χ2v) is 4.71. The van der Waals surface area contributed by atoms with Crippen molar-refractivity contribution in [2.75, 3.05) is 10.6 Å². The molecule has 2 aromatic rings. The second-order valence-electron chi connectivity index (χ2n) is 3.79. The largest absolute Gasteiger partial charge is 0.379 e. The Hall–Kier alpha value is -1.81. The van der Waals surface area contributed by atoms with E-state index in [0.29, 0.717) is 6.41 Å². The summed E-state index contributed by atoms with van der Waals surface area (Å²) in [6, 6.07) is 15.8. The predicted molar refractivity (Wildman–Crippen MR) is 77.6 cm³/mol. The summed E-state index contributed by atoms with van der Waals surface area (Å²) in [6.45, 7) is 0.718. The quantitative estimate of drug-likeness (QED) is 0.828. The molecule has 0 saturated carbocycles. The highest BCUT2D eigenvalue weighted by molar-refractivity contribution is 9.10. The van der Waals surface area contributed by atoms with E-state index < -0.39 is 0 Å². The van der Waals surface area contributed by atoms with Gasteiger partial charge in [-0.05, 0) is 23.8 Å². The van der Waals surface area contributed by atoms with Crippen LogP contribution in [0.5, 0.6) is 0 Å². The predicted octanol–water partition coefficient (Wildman–Crippen LogP) is 3.63. The summed E-state index contributed by atoms with van der Waals surface area (Å²) in [7, 11) is 0. The summed E-state index contributed by atoms with van der Waals surface area (Å²) in [6.07, 6.45) is 0.676. The van der Waals surface area contributed by atoms with E-state index in [1.165, 1.54) is 5.56 Å². The molecule has 0 heterocycles. The van der Waals surface area contributed by atoms with Gasteiger partial charge in [-0.3, -0.25) is 4.79 Å². The fraction of sp³-hybridized carbons (Fsp3) is 0.0714. The number of halogens is 1. The van der Waals surface area contributed by atoms with Crippen LogP contribution in [0.2, 0.25) is 0 Å². The van der Waals surface area contributed by atoms with Gasteiger partial charge >= 0.3 is 0 Å². The van der Waals surface area contributed by atoms with Gasteiger partial charge in [-0.1, -0.05) is 46.3 Å². The number of rotatable bonds is 5. The first-order valence-corrected chi connectivity index (χ1v) is 6.36. The third kappa shape index (κ3) is 3.34. The monoisotopic (exact) mass is 304 g/mol. The Labute approximate surface area is 114 Å². The minimum atomic E-state index is 0.676. The molecular formula is C14H13BrN2O. The Morgan fingerprint density at radius 3 is 2.56 bits per heavy atom. The molecule has 92 valence electrons. The van der Waals surface area contributed by atoms with Gasteiger partial charge in [0, 0.05) is 11.0 Å². The van der Waals surface area contributed by atoms with Gasteiger partial charge in [-0.2, -0.15) is 0 Å². The Kier molecular flexibility index (Phi) is 4.36. The van der Waals surface area contributed by atoms with Crippen LogP contribution in [0.1, 0.15) is 5.56 Å². The number of amides is 1. The van der Waals surface area contributed by atoms with Crippen LogP contribution >= 0.6 is 15.9 Å². The Morgan fingerprint density at radius 1 is 1.06 bits per heavy atom. The Bertz CT molecular complexity index is 529. The summed E-state index contributed by atoms with van der Waals surface area (Å²) in [5, 5.41) is 5.98. The van der Waals surface area contributed by atoms with E-state index >= 15 is 0 Å². The fourth-order valence-electron chi connectivity index (χ4n) is 1.65. The van der Waals surface area contributed by atoms with Crippen molar-refractivity contribution in [3.05, 3.63) is 58.6 Å². The fourth-order valence-corrected chi connectivity index (χ4v) is 2.01. The molecule has 0 bridgehead atoms. The zero-order valence-electron chi connectivity index (χ0n) is 9.69. The van der Waals surface area contributed by atoms with Crippen molar-refractivity contribution in [2.24, 2.45) is 0 Å². The number of anilines is 2. The van der Waals surface area contributed by atoms with Gasteiger partial charge in [0.25, 0.3) is 0 Å². The molecule has 0 unspecified atom stereocenters. The van der Waals surface area contributed by atoms with E-state index in [9.17, 15) is 4.79 Å². The number of carbonyl (C=O) groups is 1. The molecule has 0 aromatic heterocycles. The molecule has 0 aliphatic carbocycles. The minimum Gasteiger partial charge on any atom is -0.379 e. The van der Waals surface area contributed by atoms with Crippen LogP contribution in [0.15, 0.2) is 53.0 Å². The molecule has 2 N–H and O–H groups in total. The lowest BCUT2D eigenvalue weighted by atomic mass is 10.2. The van der Waals surface area contributed by atoms with E-state index in [1.54, 1.807) is 0 Å². The van der Waals surface area contributed by atoms with Crippen LogP contribution in [0, 0.1) is 0 Å². The van der Waals surface area contributed by atoms with Gasteiger partial charge in [0.05, 0.1) is 11.4 Å². The van der Waals surface area contributed by atoms with Gasteiger partial charge < -0.3 is 10.6 Å². The molecule has 0 aliphatic heterocycles. The van der Waals surface area contributed by atoms with Crippen molar-refractivity contribution in [3.8, 4) is 0 Å². The van der Waals surface area contributed by atoms with Gasteiger partial charge in [0.15, 0.2) is 0 Å². The first kappa shape index (κ1) is 12.6. The second kappa shape index (κ2) is 6.21. The molecule has 4 heteroatoms. The minimum absolute atomic E-state index is 0.676. The molecular weight excluding hydrogens is 292 g/mol.